The number of benzene rings is 4. The Hall–Kier alpha value is -6.56. The lowest BCUT2D eigenvalue weighted by molar-refractivity contribution is 0.590. The van der Waals surface area contributed by atoms with Gasteiger partial charge in [0.05, 0.1) is 21.9 Å². The second-order valence-corrected chi connectivity index (χ2v) is 20.6. The molecule has 10 N–H and O–H groups in total. The largest absolute Gasteiger partial charge is 0.398 e. The van der Waals surface area contributed by atoms with E-state index in [1.165, 1.54) is 0 Å². The summed E-state index contributed by atoms with van der Waals surface area (Å²) in [6.07, 6.45) is 0. The van der Waals surface area contributed by atoms with Gasteiger partial charge in [-0.15, -0.1) is 0 Å². The molecule has 0 radical (unpaired) electrons. The van der Waals surface area contributed by atoms with Crippen molar-refractivity contribution in [3.05, 3.63) is 70.8 Å². The zero-order chi connectivity index (χ0) is 43.2. The molecular formula is C48H54N12. The third-order valence-electron chi connectivity index (χ3n) is 11.8. The van der Waals surface area contributed by atoms with Crippen molar-refractivity contribution in [1.29, 1.82) is 0 Å². The maximum atomic E-state index is 6.97. The number of anilines is 4. The lowest BCUT2D eigenvalue weighted by Gasteiger charge is -2.21. The molecule has 2 aliphatic heterocycles. The van der Waals surface area contributed by atoms with Crippen LogP contribution in [0.1, 0.15) is 105 Å². The molecule has 12 nitrogen and oxygen atoms in total. The molecule has 0 spiro atoms. The van der Waals surface area contributed by atoms with E-state index in [2.05, 4.69) is 117 Å². The summed E-state index contributed by atoms with van der Waals surface area (Å²) in [5.41, 5.74) is 38.4. The Morgan fingerprint density at radius 1 is 0.350 bits per heavy atom. The number of rotatable bonds is 0. The monoisotopic (exact) mass is 798 g/mol. The number of H-pyrrole nitrogens is 2. The van der Waals surface area contributed by atoms with Crippen LogP contribution in [0.2, 0.25) is 0 Å². The molecule has 0 unspecified atom stereocenters. The maximum Gasteiger partial charge on any atom is 0.166 e. The number of fused-ring (bicyclic) bond motifs is 20. The molecule has 5 heterocycles. The van der Waals surface area contributed by atoms with E-state index in [0.717, 1.165) is 44.2 Å². The van der Waals surface area contributed by atoms with Crippen molar-refractivity contribution in [2.45, 2.75) is 105 Å². The molecule has 9 rings (SSSR count). The van der Waals surface area contributed by atoms with Crippen molar-refractivity contribution in [3.63, 3.8) is 0 Å². The Labute approximate surface area is 349 Å². The highest BCUT2D eigenvalue weighted by Gasteiger charge is 2.30. The van der Waals surface area contributed by atoms with E-state index in [1.54, 1.807) is 0 Å². The summed E-state index contributed by atoms with van der Waals surface area (Å²) in [7, 11) is 0. The fourth-order valence-electron chi connectivity index (χ4n) is 8.16. The molecule has 3 aromatic heterocycles. The molecule has 306 valence electrons. The van der Waals surface area contributed by atoms with Crippen molar-refractivity contribution in [2.24, 2.45) is 0 Å². The van der Waals surface area contributed by atoms with E-state index in [-0.39, 0.29) is 21.7 Å². The summed E-state index contributed by atoms with van der Waals surface area (Å²) >= 11 is 0. The maximum absolute atomic E-state index is 6.97. The number of nitrogens with zero attached hydrogens (tertiary/aromatic N) is 6. The Balaban J connectivity index is 1.53. The Morgan fingerprint density at radius 2 is 0.650 bits per heavy atom. The molecule has 60 heavy (non-hydrogen) atoms. The van der Waals surface area contributed by atoms with Gasteiger partial charge in [0.15, 0.2) is 23.3 Å². The molecule has 0 atom stereocenters. The molecule has 8 bridgehead atoms. The van der Waals surface area contributed by atoms with Crippen LogP contribution >= 0.6 is 0 Å². The minimum absolute atomic E-state index is 0.206. The first-order chi connectivity index (χ1) is 27.9. The van der Waals surface area contributed by atoms with Gasteiger partial charge >= 0.3 is 0 Å². The molecule has 0 amide bonds. The van der Waals surface area contributed by atoms with Crippen LogP contribution in [0, 0.1) is 0 Å². The zero-order valence-electron chi connectivity index (χ0n) is 36.6. The zero-order valence-corrected chi connectivity index (χ0v) is 36.6. The SMILES string of the molecule is CC(C)(C)c1cc(N)c2c(c1)-c1nc-2nc2[nH]c(nc3nc(nc4[nH]c(n1)c1cc(C(C)(C)C)cc(N)c41)-c1c(N)cc(C(C)(C)C)cc1-3)c1cc(C(C)(C)C)cc(N)c21. The van der Waals surface area contributed by atoms with Gasteiger partial charge < -0.3 is 32.9 Å². The smallest absolute Gasteiger partial charge is 0.166 e. The molecule has 12 heteroatoms. The van der Waals surface area contributed by atoms with Crippen molar-refractivity contribution in [1.82, 2.24) is 39.9 Å². The molecular weight excluding hydrogens is 745 g/mol. The van der Waals surface area contributed by atoms with Gasteiger partial charge in [-0.3, -0.25) is 0 Å². The van der Waals surface area contributed by atoms with Crippen LogP contribution in [0.15, 0.2) is 48.5 Å². The van der Waals surface area contributed by atoms with Gasteiger partial charge in [-0.1, -0.05) is 83.1 Å². The highest BCUT2D eigenvalue weighted by atomic mass is 15.1. The predicted molar refractivity (Wildman–Crippen MR) is 249 cm³/mol. The average molecular weight is 799 g/mol. The molecule has 0 saturated heterocycles. The van der Waals surface area contributed by atoms with Gasteiger partial charge in [-0.25, -0.2) is 29.9 Å². The van der Waals surface area contributed by atoms with Crippen molar-refractivity contribution >= 4 is 66.9 Å². The van der Waals surface area contributed by atoms with E-state index in [1.807, 2.05) is 24.3 Å². The summed E-state index contributed by atoms with van der Waals surface area (Å²) in [6, 6.07) is 16.5. The summed E-state index contributed by atoms with van der Waals surface area (Å²) < 4.78 is 0. The van der Waals surface area contributed by atoms with E-state index >= 15 is 0 Å². The summed E-state index contributed by atoms with van der Waals surface area (Å²) in [6.45, 7) is 25.9. The van der Waals surface area contributed by atoms with Crippen LogP contribution in [-0.2, 0) is 21.7 Å². The topological polar surface area (TPSA) is 213 Å². The van der Waals surface area contributed by atoms with Crippen LogP contribution < -0.4 is 22.9 Å². The first-order valence-corrected chi connectivity index (χ1v) is 20.5. The van der Waals surface area contributed by atoms with Crippen LogP contribution in [0.5, 0.6) is 0 Å². The highest BCUT2D eigenvalue weighted by molar-refractivity contribution is 6.13. The minimum Gasteiger partial charge on any atom is -0.398 e. The summed E-state index contributed by atoms with van der Waals surface area (Å²) in [5, 5.41) is 3.02. The van der Waals surface area contributed by atoms with Crippen LogP contribution in [-0.4, -0.2) is 39.9 Å². The van der Waals surface area contributed by atoms with Gasteiger partial charge in [0.1, 0.15) is 22.6 Å². The van der Waals surface area contributed by atoms with Crippen molar-refractivity contribution in [3.8, 4) is 45.6 Å². The van der Waals surface area contributed by atoms with Crippen LogP contribution in [0.3, 0.4) is 0 Å². The number of aromatic amines is 2. The fourth-order valence-corrected chi connectivity index (χ4v) is 8.16. The van der Waals surface area contributed by atoms with E-state index in [4.69, 9.17) is 52.8 Å². The fraction of sp³-hybridized carbons (Fsp3) is 0.333. The third kappa shape index (κ3) is 6.19. The van der Waals surface area contributed by atoms with Gasteiger partial charge in [-0.05, 0) is 92.4 Å². The van der Waals surface area contributed by atoms with E-state index < -0.39 is 0 Å². The van der Waals surface area contributed by atoms with Crippen molar-refractivity contribution < 1.29 is 0 Å². The molecule has 4 aromatic carbocycles. The molecule has 7 aromatic rings. The Morgan fingerprint density at radius 3 is 0.983 bits per heavy atom. The summed E-state index contributed by atoms with van der Waals surface area (Å²) in [5.74, 6) is 1.70. The third-order valence-corrected chi connectivity index (χ3v) is 11.8. The molecule has 0 saturated carbocycles. The van der Waals surface area contributed by atoms with Crippen LogP contribution in [0.4, 0.5) is 22.7 Å². The van der Waals surface area contributed by atoms with Gasteiger partial charge in [0.2, 0.25) is 0 Å². The standard InChI is InChI=1S/C48H54N12/c1-45(2,3)21-13-25-33(29(49)17-21)41-55-37(25)53-38-26-14-22(46(4,5)6)18-30(50)34(26)43(56-38)60-44-36-28(16-24(20-32(36)52)48(10,11)12)40(58-44)54-39-27-15-23(47(7,8)9)19-31(51)35(27)42(57-39)59-41/h13-20H,49-52H2,1-12H3,(H2,53,54,55,56,57,58,59,60). The van der Waals surface area contributed by atoms with E-state index in [9.17, 15) is 0 Å². The molecule has 2 aliphatic rings. The Kier molecular flexibility index (Phi) is 8.10. The minimum atomic E-state index is -0.209. The van der Waals surface area contributed by atoms with Gasteiger partial charge in [0.25, 0.3) is 0 Å². The number of hydrogen-bond donors (Lipinski definition) is 6. The van der Waals surface area contributed by atoms with Crippen LogP contribution in [0.25, 0.3) is 89.7 Å². The normalized spacial score (nSPS) is 13.3. The Bertz CT molecular complexity index is 2960. The number of hydrogen-bond acceptors (Lipinski definition) is 10. The average Bonchev–Trinajstić information content (AvgIpc) is 3.85. The molecule has 0 fully saturated rings. The predicted octanol–water partition coefficient (Wildman–Crippen LogP) is 10.4. The lowest BCUT2D eigenvalue weighted by Crippen LogP contribution is -2.12. The van der Waals surface area contributed by atoms with E-state index in [0.29, 0.717) is 90.5 Å². The second-order valence-electron chi connectivity index (χ2n) is 20.6. The number of nitrogens with one attached hydrogen (secondary N) is 2. The highest BCUT2D eigenvalue weighted by Crippen LogP contribution is 2.45. The lowest BCUT2D eigenvalue weighted by atomic mass is 9.84. The second kappa shape index (κ2) is 12.5. The van der Waals surface area contributed by atoms with Gasteiger partial charge in [0, 0.05) is 44.6 Å². The number of nitrogen functional groups attached to an aromatic ring is 4. The number of nitrogens with two attached hydrogens (primary N) is 4. The van der Waals surface area contributed by atoms with Crippen molar-refractivity contribution in [2.75, 3.05) is 22.9 Å². The van der Waals surface area contributed by atoms with Gasteiger partial charge in [-0.2, -0.15) is 0 Å². The molecule has 0 aliphatic carbocycles. The quantitative estimate of drug-likeness (QED) is 0.0798. The summed E-state index contributed by atoms with van der Waals surface area (Å²) in [4.78, 5) is 38.4. The number of aromatic nitrogens is 8. The first-order valence-electron chi connectivity index (χ1n) is 20.5. The first kappa shape index (κ1) is 38.9.